The van der Waals surface area contributed by atoms with Gasteiger partial charge < -0.3 is 9.88 Å². The van der Waals surface area contributed by atoms with Crippen molar-refractivity contribution in [2.24, 2.45) is 5.92 Å². The number of hydrogen-bond donors (Lipinski definition) is 1. The van der Waals surface area contributed by atoms with Crippen molar-refractivity contribution in [1.82, 2.24) is 9.88 Å². The van der Waals surface area contributed by atoms with Gasteiger partial charge in [-0.15, -0.1) is 0 Å². The van der Waals surface area contributed by atoms with E-state index in [1.165, 1.54) is 47.7 Å². The van der Waals surface area contributed by atoms with Gasteiger partial charge in [0.1, 0.15) is 0 Å². The van der Waals surface area contributed by atoms with E-state index >= 15 is 0 Å². The highest BCUT2D eigenvalue weighted by molar-refractivity contribution is 9.10. The molecule has 3 heteroatoms. The van der Waals surface area contributed by atoms with Crippen molar-refractivity contribution >= 4 is 26.8 Å². The summed E-state index contributed by atoms with van der Waals surface area (Å²) in [6, 6.07) is 8.60. The Kier molecular flexibility index (Phi) is 3.71. The highest BCUT2D eigenvalue weighted by Crippen LogP contribution is 2.27. The Morgan fingerprint density at radius 2 is 2.22 bits per heavy atom. The molecule has 1 unspecified atom stereocenters. The fourth-order valence-electron chi connectivity index (χ4n) is 2.88. The smallest absolute Gasteiger partial charge is 0.0492 e. The molecular formula is C15H19BrN2. The van der Waals surface area contributed by atoms with Gasteiger partial charge in [-0.05, 0) is 60.3 Å². The normalized spacial score (nSPS) is 20.4. The summed E-state index contributed by atoms with van der Waals surface area (Å²) < 4.78 is 3.59. The Hall–Kier alpha value is -0.800. The number of nitrogens with one attached hydrogen (secondary N) is 1. The van der Waals surface area contributed by atoms with Crippen LogP contribution in [0.2, 0.25) is 0 Å². The molecule has 1 aliphatic heterocycles. The fraction of sp³-hybridized carbons (Fsp3) is 0.467. The summed E-state index contributed by atoms with van der Waals surface area (Å²) in [6.07, 6.45) is 6.22. The predicted octanol–water partition coefficient (Wildman–Crippen LogP) is 3.79. The molecule has 0 bridgehead atoms. The summed E-state index contributed by atoms with van der Waals surface area (Å²) in [6.45, 7) is 3.52. The van der Waals surface area contributed by atoms with Gasteiger partial charge in [0.05, 0.1) is 0 Å². The maximum atomic E-state index is 3.65. The standard InChI is InChI=1S/C15H19BrN2/c16-14-11-18(15-6-2-1-5-13(14)15)9-7-12-4-3-8-17-10-12/h1-2,5-6,11-12,17H,3-4,7-10H2. The predicted molar refractivity (Wildman–Crippen MR) is 79.8 cm³/mol. The Morgan fingerprint density at radius 3 is 3.06 bits per heavy atom. The largest absolute Gasteiger partial charge is 0.346 e. The van der Waals surface area contributed by atoms with E-state index in [2.05, 4.69) is 56.3 Å². The van der Waals surface area contributed by atoms with Crippen LogP contribution in [-0.4, -0.2) is 17.7 Å². The minimum atomic E-state index is 0.846. The Balaban J connectivity index is 1.74. The third kappa shape index (κ3) is 2.47. The van der Waals surface area contributed by atoms with E-state index in [1.807, 2.05) is 0 Å². The summed E-state index contributed by atoms with van der Waals surface area (Å²) in [5.74, 6) is 0.846. The second kappa shape index (κ2) is 5.45. The summed E-state index contributed by atoms with van der Waals surface area (Å²) in [4.78, 5) is 0. The summed E-state index contributed by atoms with van der Waals surface area (Å²) in [5, 5.41) is 4.81. The number of para-hydroxylation sites is 1. The van der Waals surface area contributed by atoms with Gasteiger partial charge in [-0.3, -0.25) is 0 Å². The van der Waals surface area contributed by atoms with Gasteiger partial charge in [0, 0.05) is 28.1 Å². The van der Waals surface area contributed by atoms with Crippen LogP contribution >= 0.6 is 15.9 Å². The molecule has 1 aliphatic rings. The molecule has 96 valence electrons. The minimum absolute atomic E-state index is 0.846. The number of halogens is 1. The second-order valence-corrected chi connectivity index (χ2v) is 6.04. The molecule has 2 aromatic rings. The van der Waals surface area contributed by atoms with Gasteiger partial charge in [-0.2, -0.15) is 0 Å². The summed E-state index contributed by atoms with van der Waals surface area (Å²) in [5.41, 5.74) is 1.34. The van der Waals surface area contributed by atoms with Gasteiger partial charge in [0.15, 0.2) is 0 Å². The van der Waals surface area contributed by atoms with Gasteiger partial charge >= 0.3 is 0 Å². The molecule has 2 heterocycles. The quantitative estimate of drug-likeness (QED) is 0.913. The van der Waals surface area contributed by atoms with Gasteiger partial charge in [-0.1, -0.05) is 18.2 Å². The van der Waals surface area contributed by atoms with E-state index < -0.39 is 0 Å². The molecule has 1 atom stereocenters. The maximum absolute atomic E-state index is 3.65. The van der Waals surface area contributed by atoms with Crippen LogP contribution in [0, 0.1) is 5.92 Å². The lowest BCUT2D eigenvalue weighted by atomic mass is 9.96. The molecule has 1 N–H and O–H groups in total. The Bertz CT molecular complexity index is 526. The number of aromatic nitrogens is 1. The van der Waals surface area contributed by atoms with Crippen molar-refractivity contribution in [2.45, 2.75) is 25.8 Å². The van der Waals surface area contributed by atoms with Crippen molar-refractivity contribution in [2.75, 3.05) is 13.1 Å². The third-order valence-corrected chi connectivity index (χ3v) is 4.55. The van der Waals surface area contributed by atoms with Crippen LogP contribution in [-0.2, 0) is 6.54 Å². The average Bonchev–Trinajstić information content (AvgIpc) is 2.75. The first-order valence-electron chi connectivity index (χ1n) is 6.78. The molecule has 1 aromatic carbocycles. The molecule has 0 spiro atoms. The van der Waals surface area contributed by atoms with Crippen LogP contribution in [0.15, 0.2) is 34.9 Å². The number of fused-ring (bicyclic) bond motifs is 1. The molecule has 1 fully saturated rings. The molecule has 3 rings (SSSR count). The Morgan fingerprint density at radius 1 is 1.33 bits per heavy atom. The first kappa shape index (κ1) is 12.2. The monoisotopic (exact) mass is 306 g/mol. The third-order valence-electron chi connectivity index (χ3n) is 3.92. The lowest BCUT2D eigenvalue weighted by Crippen LogP contribution is -2.30. The minimum Gasteiger partial charge on any atom is -0.346 e. The zero-order chi connectivity index (χ0) is 12.4. The van der Waals surface area contributed by atoms with Gasteiger partial charge in [-0.25, -0.2) is 0 Å². The van der Waals surface area contributed by atoms with E-state index in [9.17, 15) is 0 Å². The maximum Gasteiger partial charge on any atom is 0.0492 e. The zero-order valence-corrected chi connectivity index (χ0v) is 12.1. The summed E-state index contributed by atoms with van der Waals surface area (Å²) in [7, 11) is 0. The van der Waals surface area contributed by atoms with E-state index in [0.29, 0.717) is 0 Å². The van der Waals surface area contributed by atoms with Crippen LogP contribution < -0.4 is 5.32 Å². The number of rotatable bonds is 3. The molecule has 0 aliphatic carbocycles. The number of nitrogens with zero attached hydrogens (tertiary/aromatic N) is 1. The molecule has 0 amide bonds. The van der Waals surface area contributed by atoms with Gasteiger partial charge in [0.25, 0.3) is 0 Å². The SMILES string of the molecule is Brc1cn(CCC2CCCNC2)c2ccccc12. The van der Waals surface area contributed by atoms with E-state index in [0.717, 1.165) is 12.5 Å². The average molecular weight is 307 g/mol. The molecule has 0 saturated carbocycles. The zero-order valence-electron chi connectivity index (χ0n) is 10.5. The molecular weight excluding hydrogens is 288 g/mol. The van der Waals surface area contributed by atoms with Crippen molar-refractivity contribution in [3.8, 4) is 0 Å². The van der Waals surface area contributed by atoms with E-state index in [-0.39, 0.29) is 0 Å². The van der Waals surface area contributed by atoms with Crippen molar-refractivity contribution < 1.29 is 0 Å². The first-order valence-corrected chi connectivity index (χ1v) is 7.58. The lowest BCUT2D eigenvalue weighted by Gasteiger charge is -2.22. The van der Waals surface area contributed by atoms with E-state index in [4.69, 9.17) is 0 Å². The van der Waals surface area contributed by atoms with Crippen LogP contribution in [0.25, 0.3) is 10.9 Å². The molecule has 2 nitrogen and oxygen atoms in total. The number of aryl methyl sites for hydroxylation is 1. The van der Waals surface area contributed by atoms with Gasteiger partial charge in [0.2, 0.25) is 0 Å². The number of piperidine rings is 1. The summed E-state index contributed by atoms with van der Waals surface area (Å²) >= 11 is 3.65. The molecule has 18 heavy (non-hydrogen) atoms. The van der Waals surface area contributed by atoms with Crippen LogP contribution in [0.3, 0.4) is 0 Å². The van der Waals surface area contributed by atoms with Crippen LogP contribution in [0.1, 0.15) is 19.3 Å². The fourth-order valence-corrected chi connectivity index (χ4v) is 3.46. The molecule has 1 saturated heterocycles. The number of benzene rings is 1. The lowest BCUT2D eigenvalue weighted by molar-refractivity contribution is 0.343. The molecule has 0 radical (unpaired) electrons. The van der Waals surface area contributed by atoms with Crippen molar-refractivity contribution in [1.29, 1.82) is 0 Å². The van der Waals surface area contributed by atoms with Crippen molar-refractivity contribution in [3.63, 3.8) is 0 Å². The number of hydrogen-bond acceptors (Lipinski definition) is 1. The highest BCUT2D eigenvalue weighted by Gasteiger charge is 2.13. The molecule has 1 aromatic heterocycles. The van der Waals surface area contributed by atoms with Crippen LogP contribution in [0.4, 0.5) is 0 Å². The highest BCUT2D eigenvalue weighted by atomic mass is 79.9. The van der Waals surface area contributed by atoms with E-state index in [1.54, 1.807) is 0 Å². The topological polar surface area (TPSA) is 17.0 Å². The van der Waals surface area contributed by atoms with Crippen LogP contribution in [0.5, 0.6) is 0 Å². The van der Waals surface area contributed by atoms with Crippen molar-refractivity contribution in [3.05, 3.63) is 34.9 Å². The second-order valence-electron chi connectivity index (χ2n) is 5.19. The Labute approximate surface area is 116 Å². The first-order chi connectivity index (χ1) is 8.84.